The Morgan fingerprint density at radius 3 is 2.88 bits per heavy atom. The maximum atomic E-state index is 12.4. The Kier molecular flexibility index (Phi) is 4.53. The quantitative estimate of drug-likeness (QED) is 0.430. The van der Waals surface area contributed by atoms with Crippen LogP contribution in [0.25, 0.3) is 5.52 Å². The number of hydrogen-bond acceptors (Lipinski definition) is 6. The minimum absolute atomic E-state index is 0.0592. The number of pyridine rings is 1. The van der Waals surface area contributed by atoms with Crippen molar-refractivity contribution in [3.8, 4) is 6.07 Å². The van der Waals surface area contributed by atoms with E-state index in [1.165, 1.54) is 12.1 Å². The van der Waals surface area contributed by atoms with E-state index >= 15 is 0 Å². The summed E-state index contributed by atoms with van der Waals surface area (Å²) in [4.78, 5) is 22.8. The number of carbonyl (C=O) groups is 1. The molecule has 1 aromatic carbocycles. The maximum absolute atomic E-state index is 12.4. The number of nitrogens with one attached hydrogen (secondary N) is 1. The van der Waals surface area contributed by atoms with Crippen molar-refractivity contribution in [1.29, 1.82) is 5.26 Å². The summed E-state index contributed by atoms with van der Waals surface area (Å²) in [6.07, 6.45) is 3.51. The zero-order valence-electron chi connectivity index (χ0n) is 13.8. The van der Waals surface area contributed by atoms with Gasteiger partial charge in [-0.05, 0) is 18.2 Å². The molecule has 0 aliphatic rings. The summed E-state index contributed by atoms with van der Waals surface area (Å²) in [5.74, 6) is -0.711. The number of aromatic nitrogens is 1. The van der Waals surface area contributed by atoms with Gasteiger partial charge in [0, 0.05) is 42.8 Å². The molecule has 0 atom stereocenters. The van der Waals surface area contributed by atoms with E-state index in [4.69, 9.17) is 4.74 Å². The van der Waals surface area contributed by atoms with Crippen molar-refractivity contribution in [2.24, 2.45) is 0 Å². The Bertz CT molecular complexity index is 1050. The highest BCUT2D eigenvalue weighted by Gasteiger charge is 2.19. The van der Waals surface area contributed by atoms with E-state index in [2.05, 4.69) is 11.4 Å². The lowest BCUT2D eigenvalue weighted by atomic mass is 10.1. The number of hydrogen-bond donors (Lipinski definition) is 1. The van der Waals surface area contributed by atoms with Gasteiger partial charge in [-0.1, -0.05) is 6.07 Å². The van der Waals surface area contributed by atoms with Gasteiger partial charge in [0.25, 0.3) is 5.69 Å². The van der Waals surface area contributed by atoms with E-state index in [0.29, 0.717) is 22.3 Å². The monoisotopic (exact) mass is 350 g/mol. The summed E-state index contributed by atoms with van der Waals surface area (Å²) in [6.45, 7) is -0.116. The predicted molar refractivity (Wildman–Crippen MR) is 93.9 cm³/mol. The Labute approximate surface area is 148 Å². The van der Waals surface area contributed by atoms with Gasteiger partial charge in [-0.3, -0.25) is 10.1 Å². The first kappa shape index (κ1) is 17.0. The molecule has 2 aromatic heterocycles. The van der Waals surface area contributed by atoms with Crippen LogP contribution in [0.15, 0.2) is 48.8 Å². The number of nitriles is 1. The Morgan fingerprint density at radius 1 is 1.38 bits per heavy atom. The molecular weight excluding hydrogens is 336 g/mol. The Hall–Kier alpha value is -3.86. The smallest absolute Gasteiger partial charge is 0.340 e. The molecule has 1 N–H and O–H groups in total. The number of non-ortho nitro benzene ring substituents is 1. The fraction of sp³-hybridized carbons (Fsp3) is 0.111. The second-order valence-corrected chi connectivity index (χ2v) is 5.45. The zero-order chi connectivity index (χ0) is 18.7. The highest BCUT2D eigenvalue weighted by atomic mass is 16.6. The second-order valence-electron chi connectivity index (χ2n) is 5.45. The molecule has 8 heteroatoms. The number of esters is 1. The Balaban J connectivity index is 1.87. The molecule has 3 aromatic rings. The molecule has 2 heterocycles. The number of carbonyl (C=O) groups excluding carboxylic acids is 1. The molecule has 0 fully saturated rings. The van der Waals surface area contributed by atoms with E-state index in [-0.39, 0.29) is 17.9 Å². The maximum Gasteiger partial charge on any atom is 0.340 e. The SMILES string of the molecule is CNc1ccc([N+](=O)[O-])cc1C(=O)OCc1cn2ccccc2c1C#N. The van der Waals surface area contributed by atoms with Crippen LogP contribution in [0.4, 0.5) is 11.4 Å². The lowest BCUT2D eigenvalue weighted by Gasteiger charge is -2.09. The minimum Gasteiger partial charge on any atom is -0.457 e. The number of fused-ring (bicyclic) bond motifs is 1. The van der Waals surface area contributed by atoms with Crippen LogP contribution in [0.2, 0.25) is 0 Å². The molecule has 0 bridgehead atoms. The predicted octanol–water partition coefficient (Wildman–Crippen LogP) is 3.12. The lowest BCUT2D eigenvalue weighted by molar-refractivity contribution is -0.384. The molecule has 0 aliphatic heterocycles. The number of anilines is 1. The molecule has 130 valence electrons. The molecule has 0 spiro atoms. The highest BCUT2D eigenvalue weighted by molar-refractivity contribution is 5.96. The van der Waals surface area contributed by atoms with Crippen molar-refractivity contribution in [3.63, 3.8) is 0 Å². The molecule has 0 amide bonds. The number of ether oxygens (including phenoxy) is 1. The van der Waals surface area contributed by atoms with Crippen molar-refractivity contribution in [1.82, 2.24) is 4.40 Å². The molecule has 0 aliphatic carbocycles. The number of rotatable bonds is 5. The summed E-state index contributed by atoms with van der Waals surface area (Å²) in [5, 5.41) is 23.1. The van der Waals surface area contributed by atoms with Crippen LogP contribution >= 0.6 is 0 Å². The van der Waals surface area contributed by atoms with Gasteiger partial charge < -0.3 is 14.5 Å². The molecule has 0 saturated carbocycles. The highest BCUT2D eigenvalue weighted by Crippen LogP contribution is 2.24. The number of nitrogens with zero attached hydrogens (tertiary/aromatic N) is 3. The van der Waals surface area contributed by atoms with E-state index < -0.39 is 10.9 Å². The van der Waals surface area contributed by atoms with Gasteiger partial charge in [0.2, 0.25) is 0 Å². The van der Waals surface area contributed by atoms with E-state index in [9.17, 15) is 20.2 Å². The summed E-state index contributed by atoms with van der Waals surface area (Å²) >= 11 is 0. The lowest BCUT2D eigenvalue weighted by Crippen LogP contribution is -2.09. The van der Waals surface area contributed by atoms with Gasteiger partial charge in [-0.2, -0.15) is 5.26 Å². The van der Waals surface area contributed by atoms with Gasteiger partial charge in [-0.15, -0.1) is 0 Å². The second kappa shape index (κ2) is 6.94. The largest absolute Gasteiger partial charge is 0.457 e. The van der Waals surface area contributed by atoms with Gasteiger partial charge in [0.05, 0.1) is 21.6 Å². The average molecular weight is 350 g/mol. The van der Waals surface area contributed by atoms with Crippen LogP contribution in [0.1, 0.15) is 21.5 Å². The third-order valence-electron chi connectivity index (χ3n) is 3.94. The first-order valence-corrected chi connectivity index (χ1v) is 7.67. The fourth-order valence-corrected chi connectivity index (χ4v) is 2.67. The topological polar surface area (TPSA) is 110 Å². The minimum atomic E-state index is -0.711. The van der Waals surface area contributed by atoms with Crippen molar-refractivity contribution in [2.45, 2.75) is 6.61 Å². The van der Waals surface area contributed by atoms with E-state index in [1.807, 2.05) is 12.1 Å². The van der Waals surface area contributed by atoms with Crippen LogP contribution in [0.5, 0.6) is 0 Å². The fourth-order valence-electron chi connectivity index (χ4n) is 2.67. The van der Waals surface area contributed by atoms with Crippen molar-refractivity contribution >= 4 is 22.9 Å². The van der Waals surface area contributed by atoms with Crippen molar-refractivity contribution in [3.05, 3.63) is 75.6 Å². The summed E-state index contributed by atoms with van der Waals surface area (Å²) in [6, 6.07) is 11.5. The first-order chi connectivity index (χ1) is 12.5. The molecule has 0 saturated heterocycles. The molecule has 8 nitrogen and oxygen atoms in total. The van der Waals surface area contributed by atoms with E-state index in [0.717, 1.165) is 6.07 Å². The van der Waals surface area contributed by atoms with Gasteiger partial charge in [-0.25, -0.2) is 4.79 Å². The van der Waals surface area contributed by atoms with Crippen LogP contribution in [0.3, 0.4) is 0 Å². The van der Waals surface area contributed by atoms with Gasteiger partial charge in [0.1, 0.15) is 12.7 Å². The normalized spacial score (nSPS) is 10.3. The third kappa shape index (κ3) is 3.06. The van der Waals surface area contributed by atoms with Crippen LogP contribution in [0, 0.1) is 21.4 Å². The molecule has 3 rings (SSSR count). The zero-order valence-corrected chi connectivity index (χ0v) is 13.8. The summed E-state index contributed by atoms with van der Waals surface area (Å²) in [5.41, 5.74) is 1.97. The molecule has 0 radical (unpaired) electrons. The molecular formula is C18H14N4O4. The van der Waals surface area contributed by atoms with E-state index in [1.54, 1.807) is 29.9 Å². The standard InChI is InChI=1S/C18H14N4O4/c1-20-16-6-5-13(22(24)25)8-14(16)18(23)26-11-12-10-21-7-3-2-4-17(21)15(12)9-19/h2-8,10,20H,11H2,1H3. The third-order valence-corrected chi connectivity index (χ3v) is 3.94. The summed E-state index contributed by atoms with van der Waals surface area (Å²) < 4.78 is 7.07. The van der Waals surface area contributed by atoms with Gasteiger partial charge >= 0.3 is 5.97 Å². The molecule has 0 unspecified atom stereocenters. The van der Waals surface area contributed by atoms with Gasteiger partial charge in [0.15, 0.2) is 0 Å². The van der Waals surface area contributed by atoms with Crippen molar-refractivity contribution < 1.29 is 14.5 Å². The summed E-state index contributed by atoms with van der Waals surface area (Å²) in [7, 11) is 1.60. The number of nitro benzene ring substituents is 1. The Morgan fingerprint density at radius 2 is 2.19 bits per heavy atom. The molecule has 26 heavy (non-hydrogen) atoms. The van der Waals surface area contributed by atoms with Crippen molar-refractivity contribution in [2.75, 3.05) is 12.4 Å². The first-order valence-electron chi connectivity index (χ1n) is 7.67. The van der Waals surface area contributed by atoms with Crippen LogP contribution < -0.4 is 5.32 Å². The van der Waals surface area contributed by atoms with Crippen LogP contribution in [-0.4, -0.2) is 22.3 Å². The van der Waals surface area contributed by atoms with Crippen LogP contribution in [-0.2, 0) is 11.3 Å². The number of benzene rings is 1. The number of nitro groups is 1. The average Bonchev–Trinajstić information content (AvgIpc) is 3.02.